The molecule has 0 atom stereocenters. The van der Waals surface area contributed by atoms with Crippen LogP contribution in [0.5, 0.6) is 0 Å². The molecule has 0 aliphatic heterocycles. The molecule has 18 heavy (non-hydrogen) atoms. The first-order valence-corrected chi connectivity index (χ1v) is 5.63. The van der Waals surface area contributed by atoms with Crippen LogP contribution in [0.4, 0.5) is 11.5 Å². The molecule has 2 aromatic heterocycles. The minimum Gasteiger partial charge on any atom is -0.340 e. The summed E-state index contributed by atoms with van der Waals surface area (Å²) in [5, 5.41) is 4.60. The molecule has 0 radical (unpaired) electrons. The van der Waals surface area contributed by atoms with Crippen LogP contribution in [0, 0.1) is 0 Å². The second kappa shape index (κ2) is 4.33. The summed E-state index contributed by atoms with van der Waals surface area (Å²) in [6.07, 6.45) is 3.32. The first kappa shape index (κ1) is 10.5. The zero-order chi connectivity index (χ0) is 12.4. The maximum absolute atomic E-state index is 11.9. The Kier molecular flexibility index (Phi) is 2.53. The molecule has 88 valence electrons. The van der Waals surface area contributed by atoms with Gasteiger partial charge in [0.25, 0.3) is 5.56 Å². The van der Waals surface area contributed by atoms with Gasteiger partial charge in [-0.2, -0.15) is 0 Å². The Bertz CT molecular complexity index is 729. The number of hydrogen-bond acceptors (Lipinski definition) is 3. The molecule has 1 aromatic carbocycles. The van der Waals surface area contributed by atoms with E-state index in [-0.39, 0.29) is 5.56 Å². The molecule has 0 bridgehead atoms. The molecule has 0 aliphatic carbocycles. The average molecular weight is 237 g/mol. The number of para-hydroxylation sites is 1. The number of aromatic amines is 1. The van der Waals surface area contributed by atoms with Crippen LogP contribution in [-0.2, 0) is 0 Å². The van der Waals surface area contributed by atoms with E-state index in [9.17, 15) is 4.79 Å². The van der Waals surface area contributed by atoms with Gasteiger partial charge in [-0.05, 0) is 29.7 Å². The predicted octanol–water partition coefficient (Wildman–Crippen LogP) is 2.67. The van der Waals surface area contributed by atoms with Crippen molar-refractivity contribution in [1.29, 1.82) is 0 Å². The van der Waals surface area contributed by atoms with E-state index in [0.29, 0.717) is 11.2 Å². The van der Waals surface area contributed by atoms with Crippen molar-refractivity contribution in [3.05, 3.63) is 65.2 Å². The quantitative estimate of drug-likeness (QED) is 0.720. The SMILES string of the molecule is O=c1[nH]ccc2ccnc(Nc3ccccc3)c12. The van der Waals surface area contributed by atoms with E-state index >= 15 is 0 Å². The van der Waals surface area contributed by atoms with E-state index in [0.717, 1.165) is 11.1 Å². The zero-order valence-electron chi connectivity index (χ0n) is 9.55. The smallest absolute Gasteiger partial charge is 0.259 e. The molecule has 4 heteroatoms. The van der Waals surface area contributed by atoms with Crippen molar-refractivity contribution in [2.45, 2.75) is 0 Å². The van der Waals surface area contributed by atoms with Crippen molar-refractivity contribution < 1.29 is 0 Å². The average Bonchev–Trinajstić information content (AvgIpc) is 2.40. The Hall–Kier alpha value is -2.62. The van der Waals surface area contributed by atoms with Crippen LogP contribution in [0.2, 0.25) is 0 Å². The Morgan fingerprint density at radius 1 is 1.06 bits per heavy atom. The number of pyridine rings is 2. The molecule has 3 aromatic rings. The van der Waals surface area contributed by atoms with Crippen molar-refractivity contribution in [3.8, 4) is 0 Å². The highest BCUT2D eigenvalue weighted by Gasteiger charge is 2.05. The highest BCUT2D eigenvalue weighted by molar-refractivity contribution is 5.92. The molecule has 0 unspecified atom stereocenters. The summed E-state index contributed by atoms with van der Waals surface area (Å²) >= 11 is 0. The van der Waals surface area contributed by atoms with Gasteiger partial charge in [0.05, 0.1) is 5.39 Å². The molecule has 0 saturated heterocycles. The maximum atomic E-state index is 11.9. The number of nitrogens with zero attached hydrogens (tertiary/aromatic N) is 1. The maximum Gasteiger partial charge on any atom is 0.259 e. The number of benzene rings is 1. The minimum absolute atomic E-state index is 0.140. The number of hydrogen-bond donors (Lipinski definition) is 2. The van der Waals surface area contributed by atoms with Gasteiger partial charge in [0, 0.05) is 18.1 Å². The predicted molar refractivity (Wildman–Crippen MR) is 72.1 cm³/mol. The molecular weight excluding hydrogens is 226 g/mol. The molecule has 2 heterocycles. The van der Waals surface area contributed by atoms with Crippen molar-refractivity contribution in [1.82, 2.24) is 9.97 Å². The Balaban J connectivity index is 2.15. The molecule has 2 N–H and O–H groups in total. The molecule has 0 spiro atoms. The zero-order valence-corrected chi connectivity index (χ0v) is 9.55. The lowest BCUT2D eigenvalue weighted by Crippen LogP contribution is -2.08. The van der Waals surface area contributed by atoms with Gasteiger partial charge in [-0.3, -0.25) is 4.79 Å². The first-order valence-electron chi connectivity index (χ1n) is 5.63. The molecular formula is C14H11N3O. The Morgan fingerprint density at radius 2 is 1.89 bits per heavy atom. The molecule has 4 nitrogen and oxygen atoms in total. The van der Waals surface area contributed by atoms with Crippen LogP contribution in [0.3, 0.4) is 0 Å². The summed E-state index contributed by atoms with van der Waals surface area (Å²) in [6, 6.07) is 13.3. The monoisotopic (exact) mass is 237 g/mol. The third kappa shape index (κ3) is 1.84. The number of aromatic nitrogens is 2. The van der Waals surface area contributed by atoms with Gasteiger partial charge >= 0.3 is 0 Å². The number of nitrogens with one attached hydrogen (secondary N) is 2. The first-order chi connectivity index (χ1) is 8.84. The summed E-state index contributed by atoms with van der Waals surface area (Å²) < 4.78 is 0. The van der Waals surface area contributed by atoms with E-state index in [1.807, 2.05) is 42.5 Å². The fourth-order valence-electron chi connectivity index (χ4n) is 1.89. The summed E-state index contributed by atoms with van der Waals surface area (Å²) in [5.74, 6) is 0.570. The lowest BCUT2D eigenvalue weighted by Gasteiger charge is -2.07. The van der Waals surface area contributed by atoms with Crippen molar-refractivity contribution >= 4 is 22.3 Å². The van der Waals surface area contributed by atoms with Crippen LogP contribution in [0.15, 0.2) is 59.7 Å². The van der Waals surface area contributed by atoms with E-state index in [1.165, 1.54) is 0 Å². The summed E-state index contributed by atoms with van der Waals surface area (Å²) in [4.78, 5) is 18.8. The number of rotatable bonds is 2. The third-order valence-electron chi connectivity index (χ3n) is 2.72. The largest absolute Gasteiger partial charge is 0.340 e. The van der Waals surface area contributed by atoms with Crippen LogP contribution in [0.25, 0.3) is 10.8 Å². The second-order valence-electron chi connectivity index (χ2n) is 3.92. The van der Waals surface area contributed by atoms with E-state index in [4.69, 9.17) is 0 Å². The fourth-order valence-corrected chi connectivity index (χ4v) is 1.89. The van der Waals surface area contributed by atoms with Gasteiger partial charge in [0.15, 0.2) is 0 Å². The summed E-state index contributed by atoms with van der Waals surface area (Å²) in [7, 11) is 0. The van der Waals surface area contributed by atoms with Gasteiger partial charge < -0.3 is 10.3 Å². The van der Waals surface area contributed by atoms with Crippen molar-refractivity contribution in [3.63, 3.8) is 0 Å². The lowest BCUT2D eigenvalue weighted by atomic mass is 10.2. The minimum atomic E-state index is -0.140. The van der Waals surface area contributed by atoms with Crippen LogP contribution < -0.4 is 10.9 Å². The number of fused-ring (bicyclic) bond motifs is 1. The van der Waals surface area contributed by atoms with Gasteiger partial charge in [0.1, 0.15) is 5.82 Å². The van der Waals surface area contributed by atoms with Crippen molar-refractivity contribution in [2.24, 2.45) is 0 Å². The molecule has 0 saturated carbocycles. The lowest BCUT2D eigenvalue weighted by molar-refractivity contribution is 1.25. The molecule has 0 aliphatic rings. The Labute approximate surface area is 103 Å². The van der Waals surface area contributed by atoms with Crippen LogP contribution >= 0.6 is 0 Å². The fraction of sp³-hybridized carbons (Fsp3) is 0. The third-order valence-corrected chi connectivity index (χ3v) is 2.72. The second-order valence-corrected chi connectivity index (χ2v) is 3.92. The summed E-state index contributed by atoms with van der Waals surface area (Å²) in [6.45, 7) is 0. The highest BCUT2D eigenvalue weighted by Crippen LogP contribution is 2.20. The van der Waals surface area contributed by atoms with Crippen molar-refractivity contribution in [2.75, 3.05) is 5.32 Å². The van der Waals surface area contributed by atoms with Gasteiger partial charge in [-0.15, -0.1) is 0 Å². The normalized spacial score (nSPS) is 10.4. The summed E-state index contributed by atoms with van der Waals surface area (Å²) in [5.41, 5.74) is 0.764. The Morgan fingerprint density at radius 3 is 2.72 bits per heavy atom. The standard InChI is InChI=1S/C14H11N3O/c18-14-12-10(7-9-16-14)6-8-15-13(12)17-11-4-2-1-3-5-11/h1-9H,(H,15,17)(H,16,18). The van der Waals surface area contributed by atoms with Gasteiger partial charge in [0.2, 0.25) is 0 Å². The van der Waals surface area contributed by atoms with E-state index in [1.54, 1.807) is 12.4 Å². The van der Waals surface area contributed by atoms with Crippen LogP contribution in [-0.4, -0.2) is 9.97 Å². The van der Waals surface area contributed by atoms with Gasteiger partial charge in [-0.25, -0.2) is 4.98 Å². The topological polar surface area (TPSA) is 57.8 Å². The number of H-pyrrole nitrogens is 1. The van der Waals surface area contributed by atoms with E-state index < -0.39 is 0 Å². The van der Waals surface area contributed by atoms with Gasteiger partial charge in [-0.1, -0.05) is 18.2 Å². The van der Waals surface area contributed by atoms with Crippen LogP contribution in [0.1, 0.15) is 0 Å². The molecule has 3 rings (SSSR count). The van der Waals surface area contributed by atoms with E-state index in [2.05, 4.69) is 15.3 Å². The molecule has 0 amide bonds. The highest BCUT2D eigenvalue weighted by atomic mass is 16.1. The number of anilines is 2. The molecule has 0 fully saturated rings.